The Labute approximate surface area is 181 Å². The summed E-state index contributed by atoms with van der Waals surface area (Å²) in [5.74, 6) is 1.26. The number of carbonyl (C=O) groups excluding carboxylic acids is 1. The molecule has 2 heterocycles. The molecule has 2 aromatic carbocycles. The lowest BCUT2D eigenvalue weighted by molar-refractivity contribution is -0.115. The van der Waals surface area contributed by atoms with Crippen molar-refractivity contribution < 1.29 is 9.53 Å². The molecule has 0 aliphatic carbocycles. The van der Waals surface area contributed by atoms with Crippen LogP contribution in [0.2, 0.25) is 0 Å². The van der Waals surface area contributed by atoms with E-state index in [2.05, 4.69) is 25.5 Å². The molecule has 0 aliphatic rings. The lowest BCUT2D eigenvalue weighted by atomic mass is 10.2. The predicted octanol–water partition coefficient (Wildman–Crippen LogP) is 4.72. The normalized spacial score (nSPS) is 11.8. The van der Waals surface area contributed by atoms with Gasteiger partial charge in [-0.25, -0.2) is 9.97 Å². The van der Waals surface area contributed by atoms with E-state index in [4.69, 9.17) is 4.74 Å². The molecule has 0 aliphatic heterocycles. The molecule has 2 aromatic heterocycles. The van der Waals surface area contributed by atoms with Crippen molar-refractivity contribution in [2.24, 2.45) is 0 Å². The average molecular weight is 438 g/mol. The number of thiazole rings is 1. The van der Waals surface area contributed by atoms with Crippen LogP contribution in [0, 0.1) is 0 Å². The van der Waals surface area contributed by atoms with Crippen LogP contribution in [-0.4, -0.2) is 38.4 Å². The maximum atomic E-state index is 12.6. The summed E-state index contributed by atoms with van der Waals surface area (Å²) in [6.45, 7) is 1.81. The standard InChI is InChI=1S/C21H19N5O2S2/c1-13(19(27)24-20-22-17(12-29-20)14-6-4-3-5-7-14)30-21-23-18(25-26-21)15-8-10-16(28-2)11-9-15/h3-13H,1-2H3,(H,22,24,27)(H,23,25,26). The lowest BCUT2D eigenvalue weighted by Gasteiger charge is -2.07. The van der Waals surface area contributed by atoms with Crippen molar-refractivity contribution in [3.63, 3.8) is 0 Å². The summed E-state index contributed by atoms with van der Waals surface area (Å²) in [7, 11) is 1.62. The van der Waals surface area contributed by atoms with E-state index in [9.17, 15) is 4.79 Å². The number of H-pyrrole nitrogens is 1. The van der Waals surface area contributed by atoms with Gasteiger partial charge in [-0.15, -0.1) is 16.4 Å². The molecule has 30 heavy (non-hydrogen) atoms. The molecule has 4 aromatic rings. The van der Waals surface area contributed by atoms with Crippen LogP contribution in [0.4, 0.5) is 5.13 Å². The van der Waals surface area contributed by atoms with Crippen LogP contribution in [0.3, 0.4) is 0 Å². The second-order valence-corrected chi connectivity index (χ2v) is 8.51. The molecule has 1 amide bonds. The van der Waals surface area contributed by atoms with Gasteiger partial charge in [0.15, 0.2) is 11.0 Å². The molecule has 9 heteroatoms. The zero-order valence-electron chi connectivity index (χ0n) is 16.3. The van der Waals surface area contributed by atoms with Gasteiger partial charge in [0.2, 0.25) is 11.1 Å². The second-order valence-electron chi connectivity index (χ2n) is 6.35. The number of benzene rings is 2. The summed E-state index contributed by atoms with van der Waals surface area (Å²) in [6.07, 6.45) is 0. The van der Waals surface area contributed by atoms with Gasteiger partial charge in [-0.05, 0) is 31.2 Å². The van der Waals surface area contributed by atoms with E-state index in [-0.39, 0.29) is 11.2 Å². The minimum atomic E-state index is -0.381. The number of aromatic amines is 1. The monoisotopic (exact) mass is 437 g/mol. The fraction of sp³-hybridized carbons (Fsp3) is 0.143. The van der Waals surface area contributed by atoms with Gasteiger partial charge in [0.1, 0.15) is 5.75 Å². The largest absolute Gasteiger partial charge is 0.497 e. The number of nitrogens with one attached hydrogen (secondary N) is 2. The Kier molecular flexibility index (Phi) is 6.10. The van der Waals surface area contributed by atoms with Gasteiger partial charge < -0.3 is 10.1 Å². The molecule has 1 unspecified atom stereocenters. The first-order valence-corrected chi connectivity index (χ1v) is 10.9. The maximum Gasteiger partial charge on any atom is 0.239 e. The van der Waals surface area contributed by atoms with Crippen molar-refractivity contribution in [1.82, 2.24) is 20.2 Å². The predicted molar refractivity (Wildman–Crippen MR) is 120 cm³/mol. The van der Waals surface area contributed by atoms with E-state index in [0.29, 0.717) is 16.1 Å². The van der Waals surface area contributed by atoms with Gasteiger partial charge in [0.05, 0.1) is 18.1 Å². The second kappa shape index (κ2) is 9.10. The number of anilines is 1. The first kappa shape index (κ1) is 20.1. The number of carbonyl (C=O) groups is 1. The number of thioether (sulfide) groups is 1. The van der Waals surface area contributed by atoms with Crippen LogP contribution in [0.15, 0.2) is 65.1 Å². The number of methoxy groups -OCH3 is 1. The highest BCUT2D eigenvalue weighted by Crippen LogP contribution is 2.27. The quantitative estimate of drug-likeness (QED) is 0.406. The summed E-state index contributed by atoms with van der Waals surface area (Å²) in [6, 6.07) is 17.4. The van der Waals surface area contributed by atoms with E-state index >= 15 is 0 Å². The first-order valence-electron chi connectivity index (χ1n) is 9.17. The van der Waals surface area contributed by atoms with Crippen molar-refractivity contribution >= 4 is 34.1 Å². The van der Waals surface area contributed by atoms with Crippen LogP contribution < -0.4 is 10.1 Å². The zero-order chi connectivity index (χ0) is 20.9. The van der Waals surface area contributed by atoms with Crippen molar-refractivity contribution in [1.29, 1.82) is 0 Å². The third-order valence-corrected chi connectivity index (χ3v) is 6.00. The van der Waals surface area contributed by atoms with Crippen molar-refractivity contribution in [3.8, 4) is 28.4 Å². The van der Waals surface area contributed by atoms with Gasteiger partial charge in [0, 0.05) is 16.5 Å². The number of ether oxygens (including phenoxy) is 1. The SMILES string of the molecule is COc1ccc(-c2nc(SC(C)C(=O)Nc3nc(-c4ccccc4)cs3)n[nH]2)cc1. The van der Waals surface area contributed by atoms with E-state index in [1.165, 1.54) is 23.1 Å². The van der Waals surface area contributed by atoms with E-state index < -0.39 is 0 Å². The molecule has 0 saturated heterocycles. The Hall–Kier alpha value is -3.17. The molecule has 2 N–H and O–H groups in total. The lowest BCUT2D eigenvalue weighted by Crippen LogP contribution is -2.22. The van der Waals surface area contributed by atoms with E-state index in [1.54, 1.807) is 7.11 Å². The van der Waals surface area contributed by atoms with Gasteiger partial charge in [-0.3, -0.25) is 9.89 Å². The molecule has 0 radical (unpaired) electrons. The van der Waals surface area contributed by atoms with Crippen molar-refractivity contribution in [2.75, 3.05) is 12.4 Å². The third-order valence-electron chi connectivity index (χ3n) is 4.28. The number of rotatable bonds is 7. The first-order chi connectivity index (χ1) is 14.6. The molecule has 1 atom stereocenters. The summed E-state index contributed by atoms with van der Waals surface area (Å²) in [5, 5.41) is 12.6. The Morgan fingerprint density at radius 3 is 2.60 bits per heavy atom. The van der Waals surface area contributed by atoms with Gasteiger partial charge in [0.25, 0.3) is 0 Å². The third kappa shape index (κ3) is 4.69. The van der Waals surface area contributed by atoms with E-state index in [1.807, 2.05) is 66.9 Å². The molecule has 0 saturated carbocycles. The van der Waals surface area contributed by atoms with Crippen LogP contribution in [-0.2, 0) is 4.79 Å². The molecule has 0 spiro atoms. The Balaban J connectivity index is 1.37. The average Bonchev–Trinajstić information content (AvgIpc) is 3.44. The number of hydrogen-bond acceptors (Lipinski definition) is 7. The highest BCUT2D eigenvalue weighted by molar-refractivity contribution is 8.00. The van der Waals surface area contributed by atoms with Crippen LogP contribution in [0.5, 0.6) is 5.75 Å². The Morgan fingerprint density at radius 2 is 1.87 bits per heavy atom. The molecule has 7 nitrogen and oxygen atoms in total. The van der Waals surface area contributed by atoms with Crippen molar-refractivity contribution in [3.05, 3.63) is 60.0 Å². The van der Waals surface area contributed by atoms with Crippen LogP contribution in [0.1, 0.15) is 6.92 Å². The summed E-state index contributed by atoms with van der Waals surface area (Å²) >= 11 is 2.68. The molecule has 0 bridgehead atoms. The summed E-state index contributed by atoms with van der Waals surface area (Å²) in [4.78, 5) is 21.5. The fourth-order valence-corrected chi connectivity index (χ4v) is 4.12. The number of amides is 1. The van der Waals surface area contributed by atoms with Crippen LogP contribution >= 0.6 is 23.1 Å². The minimum absolute atomic E-state index is 0.148. The maximum absolute atomic E-state index is 12.6. The fourth-order valence-electron chi connectivity index (χ4n) is 2.67. The highest BCUT2D eigenvalue weighted by Gasteiger charge is 2.19. The smallest absolute Gasteiger partial charge is 0.239 e. The number of hydrogen-bond donors (Lipinski definition) is 2. The van der Waals surface area contributed by atoms with Gasteiger partial charge in [-0.2, -0.15) is 0 Å². The molecular formula is C21H19N5O2S2. The number of aromatic nitrogens is 4. The molecule has 152 valence electrons. The van der Waals surface area contributed by atoms with Crippen LogP contribution in [0.25, 0.3) is 22.6 Å². The molecular weight excluding hydrogens is 418 g/mol. The molecule has 4 rings (SSSR count). The Morgan fingerprint density at radius 1 is 1.10 bits per heavy atom. The number of nitrogens with zero attached hydrogens (tertiary/aromatic N) is 3. The Bertz CT molecular complexity index is 1130. The van der Waals surface area contributed by atoms with Crippen molar-refractivity contribution in [2.45, 2.75) is 17.3 Å². The van der Waals surface area contributed by atoms with Gasteiger partial charge >= 0.3 is 0 Å². The molecule has 0 fully saturated rings. The minimum Gasteiger partial charge on any atom is -0.497 e. The topological polar surface area (TPSA) is 92.8 Å². The highest BCUT2D eigenvalue weighted by atomic mass is 32.2. The summed E-state index contributed by atoms with van der Waals surface area (Å²) in [5.41, 5.74) is 2.75. The van der Waals surface area contributed by atoms with Gasteiger partial charge in [-0.1, -0.05) is 42.1 Å². The van der Waals surface area contributed by atoms with E-state index in [0.717, 1.165) is 22.6 Å². The zero-order valence-corrected chi connectivity index (χ0v) is 18.0. The summed E-state index contributed by atoms with van der Waals surface area (Å²) < 4.78 is 5.17.